The highest BCUT2D eigenvalue weighted by Gasteiger charge is 2.36. The van der Waals surface area contributed by atoms with Crippen molar-refractivity contribution in [3.8, 4) is 0 Å². The Balaban J connectivity index is 2.11. The van der Waals surface area contributed by atoms with Gasteiger partial charge in [0, 0.05) is 6.04 Å². The number of fused-ring (bicyclic) bond motifs is 2. The summed E-state index contributed by atoms with van der Waals surface area (Å²) in [6.07, 6.45) is 5.66. The van der Waals surface area contributed by atoms with Crippen LogP contribution in [0.25, 0.3) is 0 Å². The molecule has 0 saturated heterocycles. The van der Waals surface area contributed by atoms with E-state index < -0.39 is 0 Å². The molecular formula is C7H13N. The molecule has 2 aliphatic carbocycles. The van der Waals surface area contributed by atoms with E-state index in [1.54, 1.807) is 0 Å². The molecule has 2 saturated carbocycles. The standard InChI is InChI=1S/C7H13N/c8-7-4-5-1-2-6(7)3-5/h5-7H,1-4,8H2/t5?,6-,7+/m0/s1. The fourth-order valence-corrected chi connectivity index (χ4v) is 2.29. The van der Waals surface area contributed by atoms with Crippen LogP contribution in [-0.2, 0) is 0 Å². The summed E-state index contributed by atoms with van der Waals surface area (Å²) in [4.78, 5) is 0. The van der Waals surface area contributed by atoms with Gasteiger partial charge in [-0.15, -0.1) is 0 Å². The third kappa shape index (κ3) is 0.510. The van der Waals surface area contributed by atoms with Gasteiger partial charge in [-0.25, -0.2) is 0 Å². The molecule has 2 fully saturated rings. The smallest absolute Gasteiger partial charge is 0.00699 e. The molecule has 2 bridgehead atoms. The van der Waals surface area contributed by atoms with Gasteiger partial charge in [-0.2, -0.15) is 0 Å². The Labute approximate surface area is 50.3 Å². The molecule has 0 aromatic heterocycles. The Hall–Kier alpha value is -0.0400. The maximum absolute atomic E-state index is 5.82. The van der Waals surface area contributed by atoms with Crippen molar-refractivity contribution in [3.05, 3.63) is 0 Å². The lowest BCUT2D eigenvalue weighted by molar-refractivity contribution is 0.418. The number of hydrogen-bond acceptors (Lipinski definition) is 1. The fraction of sp³-hybridized carbons (Fsp3) is 1.00. The molecule has 2 aliphatic rings. The Morgan fingerprint density at radius 2 is 2.00 bits per heavy atom. The molecule has 0 amide bonds. The molecule has 2 N–H and O–H groups in total. The highest BCUT2D eigenvalue weighted by atomic mass is 14.7. The molecule has 2 rings (SSSR count). The van der Waals surface area contributed by atoms with Crippen LogP contribution in [0.1, 0.15) is 25.7 Å². The number of rotatable bonds is 0. The summed E-state index contributed by atoms with van der Waals surface area (Å²) in [5.74, 6) is 1.94. The van der Waals surface area contributed by atoms with E-state index in [4.69, 9.17) is 5.73 Å². The van der Waals surface area contributed by atoms with E-state index in [9.17, 15) is 0 Å². The van der Waals surface area contributed by atoms with E-state index in [0.717, 1.165) is 11.8 Å². The molecule has 1 nitrogen and oxygen atoms in total. The Kier molecular flexibility index (Phi) is 0.884. The van der Waals surface area contributed by atoms with Crippen molar-refractivity contribution in [3.63, 3.8) is 0 Å². The predicted octanol–water partition coefficient (Wildman–Crippen LogP) is 1.13. The number of hydrogen-bond donors (Lipinski definition) is 1. The van der Waals surface area contributed by atoms with Crippen molar-refractivity contribution in [2.75, 3.05) is 0 Å². The third-order valence-corrected chi connectivity index (χ3v) is 2.79. The average Bonchev–Trinajstić information content (AvgIpc) is 2.23. The first-order chi connectivity index (χ1) is 3.86. The quantitative estimate of drug-likeness (QED) is 0.498. The summed E-state index contributed by atoms with van der Waals surface area (Å²) in [6, 6.07) is 0.578. The molecule has 0 aromatic rings. The van der Waals surface area contributed by atoms with Crippen LogP contribution in [0, 0.1) is 11.8 Å². The van der Waals surface area contributed by atoms with E-state index in [0.29, 0.717) is 6.04 Å². The lowest BCUT2D eigenvalue weighted by Gasteiger charge is -2.15. The van der Waals surface area contributed by atoms with Gasteiger partial charge in [0.1, 0.15) is 0 Å². The fourth-order valence-electron chi connectivity index (χ4n) is 2.29. The second-order valence-corrected chi connectivity index (χ2v) is 3.34. The molecule has 1 unspecified atom stereocenters. The molecule has 0 aromatic carbocycles. The van der Waals surface area contributed by atoms with Crippen molar-refractivity contribution in [1.29, 1.82) is 0 Å². The largest absolute Gasteiger partial charge is 0.327 e. The molecule has 8 heavy (non-hydrogen) atoms. The van der Waals surface area contributed by atoms with E-state index in [1.165, 1.54) is 25.7 Å². The highest BCUT2D eigenvalue weighted by Crippen LogP contribution is 2.43. The van der Waals surface area contributed by atoms with E-state index in [1.807, 2.05) is 0 Å². The van der Waals surface area contributed by atoms with Crippen LogP contribution in [0.5, 0.6) is 0 Å². The Morgan fingerprint density at radius 3 is 2.25 bits per heavy atom. The minimum atomic E-state index is 0.578. The summed E-state index contributed by atoms with van der Waals surface area (Å²) in [6.45, 7) is 0. The van der Waals surface area contributed by atoms with Crippen molar-refractivity contribution < 1.29 is 0 Å². The summed E-state index contributed by atoms with van der Waals surface area (Å²) in [7, 11) is 0. The van der Waals surface area contributed by atoms with Crippen LogP contribution in [0.15, 0.2) is 0 Å². The normalized spacial score (nSPS) is 52.9. The topological polar surface area (TPSA) is 26.0 Å². The second kappa shape index (κ2) is 1.47. The highest BCUT2D eigenvalue weighted by molar-refractivity contribution is 4.91. The van der Waals surface area contributed by atoms with E-state index >= 15 is 0 Å². The monoisotopic (exact) mass is 111 g/mol. The minimum absolute atomic E-state index is 0.578. The average molecular weight is 111 g/mol. The predicted molar refractivity (Wildman–Crippen MR) is 33.4 cm³/mol. The van der Waals surface area contributed by atoms with Gasteiger partial charge in [0.25, 0.3) is 0 Å². The summed E-state index contributed by atoms with van der Waals surface area (Å²) in [5, 5.41) is 0. The van der Waals surface area contributed by atoms with Crippen molar-refractivity contribution in [1.82, 2.24) is 0 Å². The second-order valence-electron chi connectivity index (χ2n) is 3.34. The zero-order chi connectivity index (χ0) is 5.56. The van der Waals surface area contributed by atoms with Gasteiger partial charge in [0.05, 0.1) is 0 Å². The minimum Gasteiger partial charge on any atom is -0.327 e. The van der Waals surface area contributed by atoms with Crippen molar-refractivity contribution in [2.24, 2.45) is 17.6 Å². The maximum Gasteiger partial charge on any atom is 0.00699 e. The molecule has 3 atom stereocenters. The van der Waals surface area contributed by atoms with Crippen LogP contribution >= 0.6 is 0 Å². The maximum atomic E-state index is 5.82. The van der Waals surface area contributed by atoms with Gasteiger partial charge < -0.3 is 5.73 Å². The lowest BCUT2D eigenvalue weighted by Crippen LogP contribution is -2.26. The van der Waals surface area contributed by atoms with E-state index in [2.05, 4.69) is 0 Å². The van der Waals surface area contributed by atoms with Gasteiger partial charge in [0.2, 0.25) is 0 Å². The Morgan fingerprint density at radius 1 is 1.12 bits per heavy atom. The first-order valence-electron chi connectivity index (χ1n) is 3.62. The Bertz CT molecular complexity index is 98.6. The molecule has 46 valence electrons. The van der Waals surface area contributed by atoms with Crippen molar-refractivity contribution >= 4 is 0 Å². The van der Waals surface area contributed by atoms with Crippen LogP contribution in [0.2, 0.25) is 0 Å². The number of nitrogens with two attached hydrogens (primary N) is 1. The molecule has 0 aliphatic heterocycles. The van der Waals surface area contributed by atoms with Gasteiger partial charge in [-0.3, -0.25) is 0 Å². The zero-order valence-corrected chi connectivity index (χ0v) is 5.14. The molecular weight excluding hydrogens is 98.1 g/mol. The molecule has 0 radical (unpaired) electrons. The SMILES string of the molecule is N[C@@H]1CC2CC[C@H]1C2. The summed E-state index contributed by atoms with van der Waals surface area (Å²) in [5.41, 5.74) is 5.82. The van der Waals surface area contributed by atoms with Gasteiger partial charge in [-0.1, -0.05) is 6.42 Å². The van der Waals surface area contributed by atoms with Crippen molar-refractivity contribution in [2.45, 2.75) is 31.7 Å². The molecule has 0 heterocycles. The molecule has 0 spiro atoms. The first-order valence-corrected chi connectivity index (χ1v) is 3.62. The van der Waals surface area contributed by atoms with Gasteiger partial charge in [-0.05, 0) is 31.1 Å². The molecule has 1 heteroatoms. The summed E-state index contributed by atoms with van der Waals surface area (Å²) >= 11 is 0. The third-order valence-electron chi connectivity index (χ3n) is 2.79. The summed E-state index contributed by atoms with van der Waals surface area (Å²) < 4.78 is 0. The van der Waals surface area contributed by atoms with Gasteiger partial charge >= 0.3 is 0 Å². The van der Waals surface area contributed by atoms with Crippen LogP contribution < -0.4 is 5.73 Å². The first kappa shape index (κ1) is 4.80. The van der Waals surface area contributed by atoms with Crippen LogP contribution in [0.4, 0.5) is 0 Å². The van der Waals surface area contributed by atoms with E-state index in [-0.39, 0.29) is 0 Å². The zero-order valence-electron chi connectivity index (χ0n) is 5.14. The van der Waals surface area contributed by atoms with Crippen LogP contribution in [-0.4, -0.2) is 6.04 Å². The van der Waals surface area contributed by atoms with Gasteiger partial charge in [0.15, 0.2) is 0 Å². The lowest BCUT2D eigenvalue weighted by atomic mass is 9.96. The van der Waals surface area contributed by atoms with Crippen LogP contribution in [0.3, 0.4) is 0 Å².